The number of carbonyl (C=O) groups excluding carboxylic acids is 1. The highest BCUT2D eigenvalue weighted by Crippen LogP contribution is 2.29. The minimum absolute atomic E-state index is 0.0255. The van der Waals surface area contributed by atoms with Crippen LogP contribution in [0.5, 0.6) is 0 Å². The van der Waals surface area contributed by atoms with Crippen LogP contribution in [0.15, 0.2) is 58.9 Å². The zero-order valence-corrected chi connectivity index (χ0v) is 19.5. The van der Waals surface area contributed by atoms with Gasteiger partial charge in [-0.15, -0.1) is 10.2 Å². The summed E-state index contributed by atoms with van der Waals surface area (Å²) in [6.45, 7) is 5.20. The van der Waals surface area contributed by atoms with Gasteiger partial charge in [0, 0.05) is 32.2 Å². The van der Waals surface area contributed by atoms with Gasteiger partial charge in [-0.1, -0.05) is 65.6 Å². The second-order valence-corrected chi connectivity index (χ2v) is 10.4. The molecule has 2 N–H and O–H groups in total. The van der Waals surface area contributed by atoms with Gasteiger partial charge >= 0.3 is 0 Å². The highest BCUT2D eigenvalue weighted by Gasteiger charge is 2.26. The van der Waals surface area contributed by atoms with Gasteiger partial charge < -0.3 is 10.6 Å². The molecule has 1 amide bonds. The number of anilines is 1. The standard InChI is InChI=1S/C23H26FN5OS2/c1-16(21(30)26-20-11-12-29(15-20)14-18-5-3-2-4-6-18)31-23-28-27-22(32-23)25-13-17-7-9-19(24)10-8-17/h2-10,16,20H,11-15H2,1H3,(H,25,27)(H,26,30). The highest BCUT2D eigenvalue weighted by atomic mass is 32.2. The number of hydrogen-bond acceptors (Lipinski definition) is 7. The fourth-order valence-corrected chi connectivity index (χ4v) is 5.47. The number of likely N-dealkylation sites (tertiary alicyclic amines) is 1. The van der Waals surface area contributed by atoms with E-state index in [0.29, 0.717) is 11.7 Å². The van der Waals surface area contributed by atoms with Gasteiger partial charge in [-0.2, -0.15) is 0 Å². The average Bonchev–Trinajstić information content (AvgIpc) is 3.43. The van der Waals surface area contributed by atoms with Crippen molar-refractivity contribution in [1.82, 2.24) is 20.4 Å². The molecule has 1 aliphatic rings. The van der Waals surface area contributed by atoms with E-state index in [9.17, 15) is 9.18 Å². The van der Waals surface area contributed by atoms with Crippen molar-refractivity contribution >= 4 is 34.1 Å². The summed E-state index contributed by atoms with van der Waals surface area (Å²) in [6.07, 6.45) is 0.965. The van der Waals surface area contributed by atoms with Crippen LogP contribution >= 0.6 is 23.1 Å². The summed E-state index contributed by atoms with van der Waals surface area (Å²) in [6, 6.07) is 16.9. The molecular weight excluding hydrogens is 445 g/mol. The predicted octanol–water partition coefficient (Wildman–Crippen LogP) is 4.16. The molecule has 168 valence electrons. The molecule has 0 saturated carbocycles. The molecular formula is C23H26FN5OS2. The van der Waals surface area contributed by atoms with Crippen molar-refractivity contribution in [1.29, 1.82) is 0 Å². The van der Waals surface area contributed by atoms with Crippen molar-refractivity contribution in [3.63, 3.8) is 0 Å². The fraction of sp³-hybridized carbons (Fsp3) is 0.348. The largest absolute Gasteiger partial charge is 0.356 e. The van der Waals surface area contributed by atoms with E-state index in [0.717, 1.165) is 36.0 Å². The number of aromatic nitrogens is 2. The van der Waals surface area contributed by atoms with E-state index in [2.05, 4.69) is 50.0 Å². The summed E-state index contributed by atoms with van der Waals surface area (Å²) in [5, 5.41) is 15.1. The van der Waals surface area contributed by atoms with Gasteiger partial charge in [-0.05, 0) is 36.6 Å². The summed E-state index contributed by atoms with van der Waals surface area (Å²) < 4.78 is 13.7. The van der Waals surface area contributed by atoms with E-state index in [4.69, 9.17) is 0 Å². The number of thioether (sulfide) groups is 1. The van der Waals surface area contributed by atoms with Crippen molar-refractivity contribution in [2.75, 3.05) is 18.4 Å². The Morgan fingerprint density at radius 2 is 1.97 bits per heavy atom. The van der Waals surface area contributed by atoms with E-state index in [1.54, 1.807) is 12.1 Å². The number of benzene rings is 2. The SMILES string of the molecule is CC(Sc1nnc(NCc2ccc(F)cc2)s1)C(=O)NC1CCN(Cc2ccccc2)C1. The van der Waals surface area contributed by atoms with E-state index in [-0.39, 0.29) is 23.0 Å². The zero-order chi connectivity index (χ0) is 22.3. The molecule has 1 aromatic heterocycles. The molecule has 9 heteroatoms. The van der Waals surface area contributed by atoms with Gasteiger partial charge in [0.15, 0.2) is 4.34 Å². The Balaban J connectivity index is 1.20. The lowest BCUT2D eigenvalue weighted by Crippen LogP contribution is -2.40. The number of hydrogen-bond donors (Lipinski definition) is 2. The first-order valence-electron chi connectivity index (χ1n) is 10.6. The topological polar surface area (TPSA) is 70.1 Å². The summed E-state index contributed by atoms with van der Waals surface area (Å²) >= 11 is 2.83. The molecule has 0 spiro atoms. The van der Waals surface area contributed by atoms with E-state index < -0.39 is 0 Å². The maximum absolute atomic E-state index is 13.0. The van der Waals surface area contributed by atoms with Crippen LogP contribution in [0.2, 0.25) is 0 Å². The van der Waals surface area contributed by atoms with Crippen LogP contribution in [-0.4, -0.2) is 45.4 Å². The minimum atomic E-state index is -0.254. The molecule has 3 aromatic rings. The van der Waals surface area contributed by atoms with Crippen LogP contribution in [-0.2, 0) is 17.9 Å². The van der Waals surface area contributed by atoms with Crippen molar-refractivity contribution in [3.8, 4) is 0 Å². The van der Waals surface area contributed by atoms with Crippen LogP contribution < -0.4 is 10.6 Å². The minimum Gasteiger partial charge on any atom is -0.356 e. The third-order valence-corrected chi connectivity index (χ3v) is 7.34. The lowest BCUT2D eigenvalue weighted by molar-refractivity contribution is -0.120. The molecule has 2 unspecified atom stereocenters. The first-order valence-corrected chi connectivity index (χ1v) is 12.3. The van der Waals surface area contributed by atoms with Crippen LogP contribution in [0.3, 0.4) is 0 Å². The lowest BCUT2D eigenvalue weighted by Gasteiger charge is -2.18. The smallest absolute Gasteiger partial charge is 0.233 e. The van der Waals surface area contributed by atoms with Crippen LogP contribution in [0.4, 0.5) is 9.52 Å². The number of nitrogens with zero attached hydrogens (tertiary/aromatic N) is 3. The normalized spacial score (nSPS) is 17.2. The van der Waals surface area contributed by atoms with Crippen LogP contribution in [0, 0.1) is 5.82 Å². The molecule has 2 aromatic carbocycles. The van der Waals surface area contributed by atoms with Gasteiger partial charge in [0.05, 0.1) is 5.25 Å². The van der Waals surface area contributed by atoms with E-state index in [1.807, 2.05) is 13.0 Å². The van der Waals surface area contributed by atoms with Crippen molar-refractivity contribution in [2.24, 2.45) is 0 Å². The van der Waals surface area contributed by atoms with Gasteiger partial charge in [0.1, 0.15) is 5.82 Å². The number of halogens is 1. The number of amides is 1. The fourth-order valence-electron chi connectivity index (χ4n) is 3.57. The molecule has 6 nitrogen and oxygen atoms in total. The predicted molar refractivity (Wildman–Crippen MR) is 127 cm³/mol. The van der Waals surface area contributed by atoms with E-state index in [1.165, 1.54) is 40.8 Å². The maximum Gasteiger partial charge on any atom is 0.233 e. The first kappa shape index (κ1) is 22.7. The molecule has 1 fully saturated rings. The van der Waals surface area contributed by atoms with Crippen molar-refractivity contribution < 1.29 is 9.18 Å². The third kappa shape index (κ3) is 6.51. The first-order chi connectivity index (χ1) is 15.5. The molecule has 0 radical (unpaired) electrons. The Kier molecular flexibility index (Phi) is 7.72. The Labute approximate surface area is 195 Å². The Hall–Kier alpha value is -2.49. The highest BCUT2D eigenvalue weighted by molar-refractivity contribution is 8.02. The maximum atomic E-state index is 13.0. The molecule has 2 atom stereocenters. The summed E-state index contributed by atoms with van der Waals surface area (Å²) in [5.41, 5.74) is 2.25. The monoisotopic (exact) mass is 471 g/mol. The van der Waals surface area contributed by atoms with Crippen molar-refractivity contribution in [3.05, 3.63) is 71.5 Å². The van der Waals surface area contributed by atoms with Crippen molar-refractivity contribution in [2.45, 2.75) is 42.1 Å². The van der Waals surface area contributed by atoms with Gasteiger partial charge in [-0.25, -0.2) is 4.39 Å². The van der Waals surface area contributed by atoms with E-state index >= 15 is 0 Å². The Morgan fingerprint density at radius 1 is 1.19 bits per heavy atom. The van der Waals surface area contributed by atoms with Gasteiger partial charge in [0.2, 0.25) is 11.0 Å². The Morgan fingerprint density at radius 3 is 2.75 bits per heavy atom. The molecule has 0 aliphatic carbocycles. The molecule has 2 heterocycles. The zero-order valence-electron chi connectivity index (χ0n) is 17.8. The number of nitrogens with one attached hydrogen (secondary N) is 2. The average molecular weight is 472 g/mol. The lowest BCUT2D eigenvalue weighted by atomic mass is 10.2. The molecule has 1 aliphatic heterocycles. The molecule has 1 saturated heterocycles. The Bertz CT molecular complexity index is 1010. The number of rotatable bonds is 9. The van der Waals surface area contributed by atoms with Crippen LogP contribution in [0.1, 0.15) is 24.5 Å². The number of carbonyl (C=O) groups is 1. The second kappa shape index (κ2) is 10.9. The molecule has 4 rings (SSSR count). The van der Waals surface area contributed by atoms with Gasteiger partial charge in [-0.3, -0.25) is 9.69 Å². The van der Waals surface area contributed by atoms with Crippen LogP contribution in [0.25, 0.3) is 0 Å². The van der Waals surface area contributed by atoms with Gasteiger partial charge in [0.25, 0.3) is 0 Å². The third-order valence-electron chi connectivity index (χ3n) is 5.28. The summed E-state index contributed by atoms with van der Waals surface area (Å²) in [4.78, 5) is 15.0. The molecule has 0 bridgehead atoms. The summed E-state index contributed by atoms with van der Waals surface area (Å²) in [5.74, 6) is -0.227. The quantitative estimate of drug-likeness (QED) is 0.457. The summed E-state index contributed by atoms with van der Waals surface area (Å²) in [7, 11) is 0. The second-order valence-electron chi connectivity index (χ2n) is 7.83. The molecule has 32 heavy (non-hydrogen) atoms.